The number of para-hydroxylation sites is 1. The Morgan fingerprint density at radius 2 is 1.85 bits per heavy atom. The molecule has 0 atom stereocenters. The minimum absolute atomic E-state index is 0.228. The summed E-state index contributed by atoms with van der Waals surface area (Å²) in [6, 6.07) is 17.1. The monoisotopic (exact) mass is 366 g/mol. The fourth-order valence-electron chi connectivity index (χ4n) is 2.46. The van der Waals surface area contributed by atoms with Crippen molar-refractivity contribution in [2.45, 2.75) is 13.3 Å². The number of benzene rings is 2. The summed E-state index contributed by atoms with van der Waals surface area (Å²) in [4.78, 5) is 20.5. The zero-order chi connectivity index (χ0) is 18.4. The third-order valence-corrected chi connectivity index (χ3v) is 4.17. The van der Waals surface area contributed by atoms with Crippen molar-refractivity contribution in [2.24, 2.45) is 0 Å². The Kier molecular flexibility index (Phi) is 5.81. The molecule has 1 heterocycles. The Labute approximate surface area is 157 Å². The molecular weight excluding hydrogens is 348 g/mol. The summed E-state index contributed by atoms with van der Waals surface area (Å²) < 4.78 is 0. The first-order valence-electron chi connectivity index (χ1n) is 8.29. The highest BCUT2D eigenvalue weighted by Gasteiger charge is 2.09. The van der Waals surface area contributed by atoms with Gasteiger partial charge in [0.05, 0.1) is 0 Å². The number of carbonyl (C=O) groups excluding carboxylic acids is 1. The zero-order valence-corrected chi connectivity index (χ0v) is 15.1. The van der Waals surface area contributed by atoms with Crippen LogP contribution >= 0.6 is 11.6 Å². The van der Waals surface area contributed by atoms with Gasteiger partial charge in [0.2, 0.25) is 0 Å². The maximum absolute atomic E-state index is 12.3. The van der Waals surface area contributed by atoms with Crippen molar-refractivity contribution in [1.29, 1.82) is 0 Å². The van der Waals surface area contributed by atoms with Crippen LogP contribution in [-0.2, 0) is 6.42 Å². The van der Waals surface area contributed by atoms with Gasteiger partial charge in [-0.1, -0.05) is 41.9 Å². The molecule has 0 unspecified atom stereocenters. The van der Waals surface area contributed by atoms with Crippen LogP contribution in [0.2, 0.25) is 5.02 Å². The minimum atomic E-state index is -0.228. The molecule has 0 aliphatic heterocycles. The molecule has 2 aromatic carbocycles. The number of hydrogen-bond acceptors (Lipinski definition) is 4. The lowest BCUT2D eigenvalue weighted by molar-refractivity contribution is 0.0949. The molecule has 3 rings (SSSR count). The summed E-state index contributed by atoms with van der Waals surface area (Å²) in [5.41, 5.74) is 3.48. The Hall–Kier alpha value is -2.92. The second-order valence-electron chi connectivity index (χ2n) is 5.86. The fraction of sp³-hybridized carbons (Fsp3) is 0.150. The van der Waals surface area contributed by atoms with Gasteiger partial charge in [-0.25, -0.2) is 9.97 Å². The standard InChI is InChI=1S/C20H19ClN4O/c1-14-4-2-3-5-17(14)25-19-12-18(23-13-24-19)20(26)22-11-10-15-6-8-16(21)9-7-15/h2-9,12-13H,10-11H2,1H3,(H,22,26)(H,23,24,25). The van der Waals surface area contributed by atoms with Crippen LogP contribution in [0, 0.1) is 6.92 Å². The van der Waals surface area contributed by atoms with E-state index in [1.54, 1.807) is 6.07 Å². The van der Waals surface area contributed by atoms with Gasteiger partial charge >= 0.3 is 0 Å². The quantitative estimate of drug-likeness (QED) is 0.687. The van der Waals surface area contributed by atoms with E-state index >= 15 is 0 Å². The molecule has 6 heteroatoms. The van der Waals surface area contributed by atoms with E-state index in [1.807, 2.05) is 55.5 Å². The van der Waals surface area contributed by atoms with Crippen molar-refractivity contribution in [1.82, 2.24) is 15.3 Å². The van der Waals surface area contributed by atoms with Crippen LogP contribution in [0.1, 0.15) is 21.6 Å². The first-order valence-corrected chi connectivity index (χ1v) is 8.67. The highest BCUT2D eigenvalue weighted by molar-refractivity contribution is 6.30. The molecule has 5 nitrogen and oxygen atoms in total. The predicted molar refractivity (Wildman–Crippen MR) is 104 cm³/mol. The lowest BCUT2D eigenvalue weighted by Crippen LogP contribution is -2.26. The average molecular weight is 367 g/mol. The number of aryl methyl sites for hydroxylation is 1. The highest BCUT2D eigenvalue weighted by atomic mass is 35.5. The average Bonchev–Trinajstić information content (AvgIpc) is 2.65. The van der Waals surface area contributed by atoms with Crippen LogP contribution in [0.25, 0.3) is 0 Å². The molecule has 0 bridgehead atoms. The van der Waals surface area contributed by atoms with Crippen molar-refractivity contribution in [3.05, 3.63) is 82.8 Å². The number of halogens is 1. The summed E-state index contributed by atoms with van der Waals surface area (Å²) in [7, 11) is 0. The fourth-order valence-corrected chi connectivity index (χ4v) is 2.59. The summed E-state index contributed by atoms with van der Waals surface area (Å²) in [6.45, 7) is 2.53. The van der Waals surface area contributed by atoms with Crippen molar-refractivity contribution in [2.75, 3.05) is 11.9 Å². The second-order valence-corrected chi connectivity index (χ2v) is 6.30. The predicted octanol–water partition coefficient (Wildman–Crippen LogP) is 4.15. The van der Waals surface area contributed by atoms with Gasteiger partial charge in [0.25, 0.3) is 5.91 Å². The summed E-state index contributed by atoms with van der Waals surface area (Å²) in [6.07, 6.45) is 2.11. The van der Waals surface area contributed by atoms with E-state index in [0.29, 0.717) is 23.1 Å². The SMILES string of the molecule is Cc1ccccc1Nc1cc(C(=O)NCCc2ccc(Cl)cc2)ncn1. The molecule has 0 saturated carbocycles. The number of carbonyl (C=O) groups is 1. The van der Waals surface area contributed by atoms with Gasteiger partial charge in [0.1, 0.15) is 17.8 Å². The maximum atomic E-state index is 12.3. The third-order valence-electron chi connectivity index (χ3n) is 3.92. The van der Waals surface area contributed by atoms with Crippen molar-refractivity contribution >= 4 is 29.0 Å². The topological polar surface area (TPSA) is 66.9 Å². The van der Waals surface area contributed by atoms with Gasteiger partial charge in [-0.3, -0.25) is 4.79 Å². The van der Waals surface area contributed by atoms with Gasteiger partial charge in [-0.15, -0.1) is 0 Å². The zero-order valence-electron chi connectivity index (χ0n) is 14.4. The molecule has 1 amide bonds. The van der Waals surface area contributed by atoms with Crippen LogP contribution < -0.4 is 10.6 Å². The van der Waals surface area contributed by atoms with Crippen LogP contribution in [0.4, 0.5) is 11.5 Å². The molecule has 1 aromatic heterocycles. The molecule has 0 aliphatic rings. The molecule has 0 aliphatic carbocycles. The van der Waals surface area contributed by atoms with Gasteiger partial charge in [-0.05, 0) is 42.7 Å². The first kappa shape index (κ1) is 17.9. The van der Waals surface area contributed by atoms with E-state index in [4.69, 9.17) is 11.6 Å². The Morgan fingerprint density at radius 1 is 1.08 bits per heavy atom. The van der Waals surface area contributed by atoms with Crippen LogP contribution in [0.15, 0.2) is 60.9 Å². The Bertz CT molecular complexity index is 896. The smallest absolute Gasteiger partial charge is 0.270 e. The number of amides is 1. The molecule has 0 fully saturated rings. The molecule has 0 saturated heterocycles. The van der Waals surface area contributed by atoms with E-state index in [-0.39, 0.29) is 5.91 Å². The Balaban J connectivity index is 1.59. The summed E-state index contributed by atoms with van der Waals surface area (Å²) >= 11 is 5.87. The molecule has 26 heavy (non-hydrogen) atoms. The lowest BCUT2D eigenvalue weighted by Gasteiger charge is -2.09. The van der Waals surface area contributed by atoms with Gasteiger partial charge in [-0.2, -0.15) is 0 Å². The highest BCUT2D eigenvalue weighted by Crippen LogP contribution is 2.18. The van der Waals surface area contributed by atoms with Gasteiger partial charge in [0.15, 0.2) is 0 Å². The van der Waals surface area contributed by atoms with Crippen molar-refractivity contribution in [3.8, 4) is 0 Å². The number of rotatable bonds is 6. The van der Waals surface area contributed by atoms with E-state index in [1.165, 1.54) is 6.33 Å². The molecular formula is C20H19ClN4O. The van der Waals surface area contributed by atoms with E-state index in [2.05, 4.69) is 20.6 Å². The van der Waals surface area contributed by atoms with Gasteiger partial charge < -0.3 is 10.6 Å². The largest absolute Gasteiger partial charge is 0.350 e. The van der Waals surface area contributed by atoms with Crippen LogP contribution in [-0.4, -0.2) is 22.4 Å². The molecule has 132 valence electrons. The normalized spacial score (nSPS) is 10.4. The summed E-state index contributed by atoms with van der Waals surface area (Å²) in [5, 5.41) is 6.79. The van der Waals surface area contributed by atoms with Crippen molar-refractivity contribution in [3.63, 3.8) is 0 Å². The first-order chi connectivity index (χ1) is 12.6. The number of hydrogen-bond donors (Lipinski definition) is 2. The summed E-state index contributed by atoms with van der Waals surface area (Å²) in [5.74, 6) is 0.353. The molecule has 0 radical (unpaired) electrons. The molecule has 0 spiro atoms. The Morgan fingerprint density at radius 3 is 2.62 bits per heavy atom. The number of nitrogens with zero attached hydrogens (tertiary/aromatic N) is 2. The molecule has 2 N–H and O–H groups in total. The maximum Gasteiger partial charge on any atom is 0.270 e. The van der Waals surface area contributed by atoms with Gasteiger partial charge in [0, 0.05) is 23.3 Å². The van der Waals surface area contributed by atoms with Crippen LogP contribution in [0.5, 0.6) is 0 Å². The van der Waals surface area contributed by atoms with Crippen LogP contribution in [0.3, 0.4) is 0 Å². The van der Waals surface area contributed by atoms with E-state index in [0.717, 1.165) is 23.2 Å². The van der Waals surface area contributed by atoms with Crippen molar-refractivity contribution < 1.29 is 4.79 Å². The number of aromatic nitrogens is 2. The number of nitrogens with one attached hydrogen (secondary N) is 2. The second kappa shape index (κ2) is 8.45. The number of anilines is 2. The molecule has 3 aromatic rings. The lowest BCUT2D eigenvalue weighted by atomic mass is 10.1. The third kappa shape index (κ3) is 4.80. The van der Waals surface area contributed by atoms with E-state index in [9.17, 15) is 4.79 Å². The minimum Gasteiger partial charge on any atom is -0.350 e. The van der Waals surface area contributed by atoms with E-state index < -0.39 is 0 Å².